The third kappa shape index (κ3) is 6.06. The quantitative estimate of drug-likeness (QED) is 0.538. The average Bonchev–Trinajstić information content (AvgIpc) is 3.47. The van der Waals surface area contributed by atoms with Crippen LogP contribution < -0.4 is 5.32 Å². The van der Waals surface area contributed by atoms with E-state index in [1.165, 1.54) is 30.8 Å². The number of aliphatic imine (C=N–C) groups is 1. The largest absolute Gasteiger partial charge is 0.364 e. The molecule has 2 aromatic rings. The first-order chi connectivity index (χ1) is 14.8. The fraction of sp³-hybridized carbons (Fsp3) is 0.636. The minimum absolute atomic E-state index is 0.701. The van der Waals surface area contributed by atoms with Crippen molar-refractivity contribution in [1.82, 2.24) is 25.2 Å². The smallest absolute Gasteiger partial charge is 0.194 e. The molecule has 0 saturated carbocycles. The van der Waals surface area contributed by atoms with Crippen molar-refractivity contribution in [3.8, 4) is 0 Å². The maximum Gasteiger partial charge on any atom is 0.194 e. The van der Waals surface area contributed by atoms with E-state index in [4.69, 9.17) is 9.52 Å². The van der Waals surface area contributed by atoms with E-state index >= 15 is 0 Å². The molecule has 0 bridgehead atoms. The highest BCUT2D eigenvalue weighted by Crippen LogP contribution is 2.21. The number of guanidine groups is 1. The summed E-state index contributed by atoms with van der Waals surface area (Å²) < 4.78 is 4.95. The van der Waals surface area contributed by atoms with Crippen LogP contribution in [0.5, 0.6) is 0 Å². The normalized spacial score (nSPS) is 20.0. The number of piperidine rings is 1. The lowest BCUT2D eigenvalue weighted by atomic mass is 9.97. The van der Waals surface area contributed by atoms with Crippen LogP contribution in [-0.4, -0.2) is 78.2 Å². The van der Waals surface area contributed by atoms with Gasteiger partial charge in [-0.1, -0.05) is 11.2 Å². The highest BCUT2D eigenvalue weighted by Gasteiger charge is 2.22. The van der Waals surface area contributed by atoms with Crippen LogP contribution in [0.25, 0.3) is 0 Å². The van der Waals surface area contributed by atoms with E-state index < -0.39 is 0 Å². The van der Waals surface area contributed by atoms with E-state index in [9.17, 15) is 0 Å². The number of nitrogens with one attached hydrogen (secondary N) is 1. The molecule has 164 valence electrons. The summed E-state index contributed by atoms with van der Waals surface area (Å²) in [5.41, 5.74) is 1.01. The molecule has 2 fully saturated rings. The highest BCUT2D eigenvalue weighted by atomic mass is 32.1. The maximum atomic E-state index is 5.03. The molecular formula is C22H34N6OS. The summed E-state index contributed by atoms with van der Waals surface area (Å²) >= 11 is 1.86. The number of rotatable bonds is 7. The van der Waals surface area contributed by atoms with Gasteiger partial charge in [-0.3, -0.25) is 14.8 Å². The Morgan fingerprint density at radius 1 is 1.13 bits per heavy atom. The molecule has 1 N–H and O–H groups in total. The number of piperazine rings is 1. The molecule has 0 amide bonds. The van der Waals surface area contributed by atoms with Crippen molar-refractivity contribution < 1.29 is 4.52 Å². The molecule has 0 atom stereocenters. The second-order valence-electron chi connectivity index (χ2n) is 8.25. The summed E-state index contributed by atoms with van der Waals surface area (Å²) in [7, 11) is 0. The molecule has 4 rings (SSSR count). The predicted molar refractivity (Wildman–Crippen MR) is 122 cm³/mol. The maximum absolute atomic E-state index is 5.03. The zero-order chi connectivity index (χ0) is 20.6. The van der Waals surface area contributed by atoms with Gasteiger partial charge in [0.05, 0.1) is 5.69 Å². The molecule has 0 spiro atoms. The third-order valence-corrected chi connectivity index (χ3v) is 6.91. The molecule has 30 heavy (non-hydrogen) atoms. The average molecular weight is 431 g/mol. The molecule has 0 aromatic carbocycles. The number of likely N-dealkylation sites (tertiary alicyclic amines) is 1. The van der Waals surface area contributed by atoms with Gasteiger partial charge in [0.15, 0.2) is 5.96 Å². The van der Waals surface area contributed by atoms with Crippen LogP contribution in [0.2, 0.25) is 0 Å². The van der Waals surface area contributed by atoms with E-state index in [0.29, 0.717) is 5.92 Å². The van der Waals surface area contributed by atoms with Gasteiger partial charge in [-0.25, -0.2) is 0 Å². The van der Waals surface area contributed by atoms with Gasteiger partial charge < -0.3 is 14.7 Å². The lowest BCUT2D eigenvalue weighted by molar-refractivity contribution is 0.167. The number of hydrogen-bond acceptors (Lipinski definition) is 6. The summed E-state index contributed by atoms with van der Waals surface area (Å²) in [6.07, 6.45) is 4.15. The van der Waals surface area contributed by atoms with Crippen molar-refractivity contribution in [3.05, 3.63) is 40.4 Å². The van der Waals surface area contributed by atoms with E-state index in [-0.39, 0.29) is 0 Å². The zero-order valence-corrected chi connectivity index (χ0v) is 18.8. The van der Waals surface area contributed by atoms with Gasteiger partial charge in [0.2, 0.25) is 0 Å². The third-order valence-electron chi connectivity index (χ3n) is 6.05. The topological polar surface area (TPSA) is 60.1 Å². The number of thiophene rings is 1. The molecule has 7 nitrogen and oxygen atoms in total. The van der Waals surface area contributed by atoms with Gasteiger partial charge in [0.25, 0.3) is 0 Å². The fourth-order valence-electron chi connectivity index (χ4n) is 4.26. The second-order valence-corrected chi connectivity index (χ2v) is 9.28. The Labute approximate surface area is 183 Å². The molecule has 0 unspecified atom stereocenters. The standard InChI is InChI=1S/C22H34N6OS/c1-2-23-22(28-12-10-27(11-13-28)17-20-7-14-29-25-20)24-16-19-5-8-26(9-6-19)18-21-4-3-15-30-21/h3-4,7,14-15,19H,2,5-6,8-13,16-18H2,1H3,(H,23,24). The van der Waals surface area contributed by atoms with E-state index in [1.54, 1.807) is 6.26 Å². The Bertz CT molecular complexity index is 747. The molecule has 0 aliphatic carbocycles. The molecule has 2 aromatic heterocycles. The highest BCUT2D eigenvalue weighted by molar-refractivity contribution is 7.09. The summed E-state index contributed by atoms with van der Waals surface area (Å²) in [5, 5.41) is 9.72. The van der Waals surface area contributed by atoms with Crippen molar-refractivity contribution in [1.29, 1.82) is 0 Å². The van der Waals surface area contributed by atoms with Crippen LogP contribution in [0.3, 0.4) is 0 Å². The Kier molecular flexibility index (Phi) is 7.77. The first-order valence-electron chi connectivity index (χ1n) is 11.2. The second kappa shape index (κ2) is 10.9. The number of nitrogens with zero attached hydrogens (tertiary/aromatic N) is 5. The van der Waals surface area contributed by atoms with E-state index in [0.717, 1.165) is 64.0 Å². The summed E-state index contributed by atoms with van der Waals surface area (Å²) in [4.78, 5) is 13.9. The Hall–Kier alpha value is -1.90. The van der Waals surface area contributed by atoms with Gasteiger partial charge in [-0.2, -0.15) is 0 Å². The van der Waals surface area contributed by atoms with Crippen LogP contribution in [-0.2, 0) is 13.1 Å². The zero-order valence-electron chi connectivity index (χ0n) is 18.0. The Morgan fingerprint density at radius 2 is 1.93 bits per heavy atom. The van der Waals surface area contributed by atoms with E-state index in [1.807, 2.05) is 17.4 Å². The molecular weight excluding hydrogens is 396 g/mol. The lowest BCUT2D eigenvalue weighted by Gasteiger charge is -2.36. The minimum atomic E-state index is 0.701. The first kappa shape index (κ1) is 21.3. The van der Waals surface area contributed by atoms with Crippen molar-refractivity contribution in [2.45, 2.75) is 32.9 Å². The Balaban J connectivity index is 1.22. The van der Waals surface area contributed by atoms with Crippen LogP contribution in [0.1, 0.15) is 30.3 Å². The fourth-order valence-corrected chi connectivity index (χ4v) is 5.00. The van der Waals surface area contributed by atoms with E-state index in [2.05, 4.69) is 49.6 Å². The molecule has 2 saturated heterocycles. The molecule has 8 heteroatoms. The summed E-state index contributed by atoms with van der Waals surface area (Å²) in [6.45, 7) is 12.4. The van der Waals surface area contributed by atoms with Crippen molar-refractivity contribution in [2.24, 2.45) is 10.9 Å². The van der Waals surface area contributed by atoms with Crippen LogP contribution in [0.15, 0.2) is 39.4 Å². The van der Waals surface area contributed by atoms with Crippen molar-refractivity contribution >= 4 is 17.3 Å². The minimum Gasteiger partial charge on any atom is -0.364 e. The lowest BCUT2D eigenvalue weighted by Crippen LogP contribution is -2.52. The van der Waals surface area contributed by atoms with Crippen LogP contribution in [0.4, 0.5) is 0 Å². The number of aromatic nitrogens is 1. The summed E-state index contributed by atoms with van der Waals surface area (Å²) in [5.74, 6) is 1.78. The van der Waals surface area contributed by atoms with Gasteiger partial charge in [-0.15, -0.1) is 11.3 Å². The van der Waals surface area contributed by atoms with Crippen molar-refractivity contribution in [2.75, 3.05) is 52.4 Å². The van der Waals surface area contributed by atoms with Crippen LogP contribution in [0, 0.1) is 5.92 Å². The molecule has 4 heterocycles. The Morgan fingerprint density at radius 3 is 2.60 bits per heavy atom. The van der Waals surface area contributed by atoms with Gasteiger partial charge >= 0.3 is 0 Å². The predicted octanol–water partition coefficient (Wildman–Crippen LogP) is 2.73. The van der Waals surface area contributed by atoms with Gasteiger partial charge in [0, 0.05) is 63.3 Å². The first-order valence-corrected chi connectivity index (χ1v) is 12.1. The molecule has 0 radical (unpaired) electrons. The molecule has 2 aliphatic rings. The monoisotopic (exact) mass is 430 g/mol. The summed E-state index contributed by atoms with van der Waals surface area (Å²) in [6, 6.07) is 6.34. The van der Waals surface area contributed by atoms with Crippen LogP contribution >= 0.6 is 11.3 Å². The molecule has 2 aliphatic heterocycles. The van der Waals surface area contributed by atoms with Crippen molar-refractivity contribution in [3.63, 3.8) is 0 Å². The van der Waals surface area contributed by atoms with Gasteiger partial charge in [-0.05, 0) is 50.2 Å². The SMILES string of the molecule is CCNC(=NCC1CCN(Cc2cccs2)CC1)N1CCN(Cc2ccon2)CC1. The van der Waals surface area contributed by atoms with Gasteiger partial charge in [0.1, 0.15) is 6.26 Å². The number of hydrogen-bond donors (Lipinski definition) is 1.